The maximum absolute atomic E-state index is 13.0. The Morgan fingerprint density at radius 1 is 1.57 bits per heavy atom. The highest BCUT2D eigenvalue weighted by Gasteiger charge is 2.30. The van der Waals surface area contributed by atoms with E-state index in [0.717, 1.165) is 58.9 Å². The van der Waals surface area contributed by atoms with Crippen LogP contribution in [-0.2, 0) is 13.0 Å². The maximum Gasteiger partial charge on any atom is 0.261 e. The first-order valence-electron chi connectivity index (χ1n) is 9.64. The average molecular weight is 437 g/mol. The standard InChI is InChI=1S/C20H25ClN4OS2/c1-3-27-11-16(19-22-14-5-4-13(21)9-15(14)23-19)24-20(26)17-8-12-6-7-25(2)10-18(12)28-17/h4,8-9,14,16H,3,5-7,10-11H2,1-2H3,(H,22,23)(H,24,26)/t14?,16-/m0/s1. The van der Waals surface area contributed by atoms with Crippen LogP contribution in [0.3, 0.4) is 0 Å². The van der Waals surface area contributed by atoms with Gasteiger partial charge in [-0.05, 0) is 43.3 Å². The number of likely N-dealkylation sites (N-methyl/N-ethyl adjacent to an activating group) is 1. The predicted molar refractivity (Wildman–Crippen MR) is 120 cm³/mol. The number of carbonyl (C=O) groups excluding carboxylic acids is 1. The third-order valence-corrected chi connectivity index (χ3v) is 7.58. The molecule has 0 saturated carbocycles. The summed E-state index contributed by atoms with van der Waals surface area (Å²) in [6.45, 7) is 4.11. The topological polar surface area (TPSA) is 56.7 Å². The quantitative estimate of drug-likeness (QED) is 0.717. The highest BCUT2D eigenvalue weighted by atomic mass is 35.5. The lowest BCUT2D eigenvalue weighted by Crippen LogP contribution is -2.46. The number of nitrogens with zero attached hydrogens (tertiary/aromatic N) is 2. The summed E-state index contributed by atoms with van der Waals surface area (Å²) in [5.74, 6) is 2.63. The van der Waals surface area contributed by atoms with E-state index >= 15 is 0 Å². The van der Waals surface area contributed by atoms with Gasteiger partial charge in [0.2, 0.25) is 0 Å². The summed E-state index contributed by atoms with van der Waals surface area (Å²) in [5, 5.41) is 7.36. The molecule has 0 radical (unpaired) electrons. The SMILES string of the molecule is CCSC[C@H](NC(=O)c1cc2c(s1)CN(C)CC2)C1=NC2CC=C(Cl)C=C2N1. The first-order valence-corrected chi connectivity index (χ1v) is 12.0. The van der Waals surface area contributed by atoms with E-state index in [-0.39, 0.29) is 18.0 Å². The molecule has 1 aromatic heterocycles. The molecule has 0 bridgehead atoms. The molecule has 3 aliphatic rings. The molecule has 0 saturated heterocycles. The Balaban J connectivity index is 1.48. The number of fused-ring (bicyclic) bond motifs is 2. The summed E-state index contributed by atoms with van der Waals surface area (Å²) in [7, 11) is 2.12. The van der Waals surface area contributed by atoms with Crippen LogP contribution in [0, 0.1) is 0 Å². The minimum atomic E-state index is -0.135. The minimum absolute atomic E-state index is 0.00624. The lowest BCUT2D eigenvalue weighted by atomic mass is 10.1. The van der Waals surface area contributed by atoms with Crippen molar-refractivity contribution in [2.75, 3.05) is 25.1 Å². The Bertz CT molecular complexity index is 860. The van der Waals surface area contributed by atoms with Crippen molar-refractivity contribution in [1.29, 1.82) is 0 Å². The van der Waals surface area contributed by atoms with Crippen LogP contribution in [0.15, 0.2) is 33.9 Å². The molecule has 1 aliphatic carbocycles. The molecule has 2 aliphatic heterocycles. The predicted octanol–water partition coefficient (Wildman–Crippen LogP) is 3.37. The van der Waals surface area contributed by atoms with Crippen molar-refractivity contribution in [1.82, 2.24) is 15.5 Å². The Morgan fingerprint density at radius 3 is 3.25 bits per heavy atom. The van der Waals surface area contributed by atoms with E-state index in [1.165, 1.54) is 10.4 Å². The molecule has 4 rings (SSSR count). The number of amidine groups is 1. The monoisotopic (exact) mass is 436 g/mol. The zero-order valence-electron chi connectivity index (χ0n) is 16.1. The van der Waals surface area contributed by atoms with Crippen molar-refractivity contribution in [2.24, 2.45) is 4.99 Å². The zero-order chi connectivity index (χ0) is 19.7. The van der Waals surface area contributed by atoms with Crippen LogP contribution in [0.5, 0.6) is 0 Å². The Kier molecular flexibility index (Phi) is 6.16. The molecule has 1 aromatic rings. The first-order chi connectivity index (χ1) is 13.5. The molecule has 5 nitrogen and oxygen atoms in total. The van der Waals surface area contributed by atoms with Gasteiger partial charge in [-0.2, -0.15) is 11.8 Å². The molecule has 0 spiro atoms. The fourth-order valence-electron chi connectivity index (χ4n) is 3.63. The van der Waals surface area contributed by atoms with Crippen molar-refractivity contribution < 1.29 is 4.79 Å². The first kappa shape index (κ1) is 20.0. The maximum atomic E-state index is 13.0. The van der Waals surface area contributed by atoms with Gasteiger partial charge in [0.15, 0.2) is 0 Å². The summed E-state index contributed by atoms with van der Waals surface area (Å²) in [6.07, 6.45) is 5.74. The average Bonchev–Trinajstić information content (AvgIpc) is 3.28. The normalized spacial score (nSPS) is 22.4. The van der Waals surface area contributed by atoms with Gasteiger partial charge in [0.1, 0.15) is 5.84 Å². The molecule has 0 fully saturated rings. The Labute approximate surface area is 179 Å². The number of rotatable bonds is 6. The molecular weight excluding hydrogens is 412 g/mol. The van der Waals surface area contributed by atoms with E-state index in [9.17, 15) is 4.79 Å². The van der Waals surface area contributed by atoms with Gasteiger partial charge in [-0.1, -0.05) is 24.6 Å². The molecule has 3 heterocycles. The number of amides is 1. The van der Waals surface area contributed by atoms with Crippen LogP contribution in [0.1, 0.15) is 33.5 Å². The van der Waals surface area contributed by atoms with E-state index in [4.69, 9.17) is 16.6 Å². The van der Waals surface area contributed by atoms with E-state index in [2.05, 4.69) is 35.6 Å². The lowest BCUT2D eigenvalue weighted by Gasteiger charge is -2.21. The lowest BCUT2D eigenvalue weighted by molar-refractivity contribution is 0.0953. The molecule has 2 N–H and O–H groups in total. The highest BCUT2D eigenvalue weighted by Crippen LogP contribution is 2.28. The van der Waals surface area contributed by atoms with Gasteiger partial charge in [-0.25, -0.2) is 0 Å². The van der Waals surface area contributed by atoms with Gasteiger partial charge in [0.25, 0.3) is 5.91 Å². The Morgan fingerprint density at radius 2 is 2.43 bits per heavy atom. The second-order valence-corrected chi connectivity index (χ2v) is 10.2. The van der Waals surface area contributed by atoms with E-state index in [1.54, 1.807) is 23.1 Å². The largest absolute Gasteiger partial charge is 0.344 e. The van der Waals surface area contributed by atoms with Crippen molar-refractivity contribution in [3.8, 4) is 0 Å². The van der Waals surface area contributed by atoms with Crippen LogP contribution >= 0.6 is 34.7 Å². The molecule has 2 atom stereocenters. The van der Waals surface area contributed by atoms with Crippen LogP contribution in [0.25, 0.3) is 0 Å². The Hall–Kier alpha value is -1.28. The van der Waals surface area contributed by atoms with Gasteiger partial charge in [-0.15, -0.1) is 11.3 Å². The van der Waals surface area contributed by atoms with Crippen LogP contribution < -0.4 is 10.6 Å². The van der Waals surface area contributed by atoms with Crippen LogP contribution in [0.4, 0.5) is 0 Å². The van der Waals surface area contributed by atoms with Crippen molar-refractivity contribution in [3.63, 3.8) is 0 Å². The van der Waals surface area contributed by atoms with Crippen molar-refractivity contribution in [2.45, 2.75) is 38.4 Å². The number of thiophene rings is 1. The molecule has 0 aromatic carbocycles. The van der Waals surface area contributed by atoms with Gasteiger partial charge in [-0.3, -0.25) is 9.79 Å². The third-order valence-electron chi connectivity index (χ3n) is 5.18. The number of hydrogen-bond acceptors (Lipinski definition) is 6. The molecule has 1 amide bonds. The van der Waals surface area contributed by atoms with E-state index in [1.807, 2.05) is 12.2 Å². The van der Waals surface area contributed by atoms with Crippen LogP contribution in [0.2, 0.25) is 0 Å². The van der Waals surface area contributed by atoms with Crippen LogP contribution in [-0.4, -0.2) is 53.8 Å². The highest BCUT2D eigenvalue weighted by molar-refractivity contribution is 7.99. The third kappa shape index (κ3) is 4.32. The molecule has 8 heteroatoms. The summed E-state index contributed by atoms with van der Waals surface area (Å²) >= 11 is 9.56. The second-order valence-electron chi connectivity index (χ2n) is 7.31. The van der Waals surface area contributed by atoms with Crippen molar-refractivity contribution in [3.05, 3.63) is 44.3 Å². The zero-order valence-corrected chi connectivity index (χ0v) is 18.5. The number of halogens is 1. The number of thioether (sulfide) groups is 1. The van der Waals surface area contributed by atoms with Gasteiger partial charge in [0.05, 0.1) is 17.0 Å². The molecule has 150 valence electrons. The fraction of sp³-hybridized carbons (Fsp3) is 0.500. The van der Waals surface area contributed by atoms with E-state index < -0.39 is 0 Å². The number of carbonyl (C=O) groups is 1. The van der Waals surface area contributed by atoms with E-state index in [0.29, 0.717) is 0 Å². The summed E-state index contributed by atoms with van der Waals surface area (Å²) in [4.78, 5) is 22.2. The molecule has 28 heavy (non-hydrogen) atoms. The van der Waals surface area contributed by atoms with Gasteiger partial charge in [0, 0.05) is 34.4 Å². The van der Waals surface area contributed by atoms with Crippen molar-refractivity contribution >= 4 is 46.4 Å². The fourth-order valence-corrected chi connectivity index (χ4v) is 5.75. The second kappa shape index (κ2) is 8.61. The number of aliphatic imine (C=N–C) groups is 1. The van der Waals surface area contributed by atoms with Gasteiger partial charge < -0.3 is 15.5 Å². The van der Waals surface area contributed by atoms with Gasteiger partial charge >= 0.3 is 0 Å². The number of nitrogens with one attached hydrogen (secondary N) is 2. The summed E-state index contributed by atoms with van der Waals surface area (Å²) < 4.78 is 0. The summed E-state index contributed by atoms with van der Waals surface area (Å²) in [5.41, 5.74) is 2.35. The molecular formula is C20H25ClN4OS2. The summed E-state index contributed by atoms with van der Waals surface area (Å²) in [6, 6.07) is 2.03. The number of hydrogen-bond donors (Lipinski definition) is 2. The minimum Gasteiger partial charge on any atom is -0.344 e. The number of allylic oxidation sites excluding steroid dienone is 2. The smallest absolute Gasteiger partial charge is 0.261 e. The molecule has 1 unspecified atom stereocenters.